The van der Waals surface area contributed by atoms with E-state index in [9.17, 15) is 0 Å². The number of thiol groups is 1. The Morgan fingerprint density at radius 1 is 1.27 bits per heavy atom. The molecule has 0 radical (unpaired) electrons. The van der Waals surface area contributed by atoms with E-state index in [2.05, 4.69) is 29.3 Å². The average molecular weight is 165 g/mol. The molecule has 0 aliphatic rings. The highest BCUT2D eigenvalue weighted by Gasteiger charge is 1.87. The fraction of sp³-hybridized carbons (Fsp3) is 0.222. The Hall–Kier alpha value is -0.760. The van der Waals surface area contributed by atoms with Gasteiger partial charge in [0.15, 0.2) is 0 Å². The van der Waals surface area contributed by atoms with Gasteiger partial charge in [0.1, 0.15) is 0 Å². The van der Waals surface area contributed by atoms with Gasteiger partial charge in [0.2, 0.25) is 0 Å². The molecule has 11 heavy (non-hydrogen) atoms. The first-order valence-corrected chi connectivity index (χ1v) is 4.03. The van der Waals surface area contributed by atoms with E-state index in [0.29, 0.717) is 0 Å². The fourth-order valence-electron chi connectivity index (χ4n) is 0.934. The van der Waals surface area contributed by atoms with Gasteiger partial charge in [-0.15, -0.1) is 0 Å². The first kappa shape index (κ1) is 8.34. The van der Waals surface area contributed by atoms with Gasteiger partial charge >= 0.3 is 0 Å². The topological polar surface area (TPSA) is 12.4 Å². The van der Waals surface area contributed by atoms with Crippen LogP contribution in [0.3, 0.4) is 0 Å². The summed E-state index contributed by atoms with van der Waals surface area (Å²) < 4.78 is 3.62. The second kappa shape index (κ2) is 4.97. The van der Waals surface area contributed by atoms with Crippen LogP contribution in [0.2, 0.25) is 0 Å². The Morgan fingerprint density at radius 2 is 2.00 bits per heavy atom. The van der Waals surface area contributed by atoms with Crippen LogP contribution >= 0.6 is 12.8 Å². The Bertz CT molecular complexity index is 218. The summed E-state index contributed by atoms with van der Waals surface area (Å²) >= 11 is 3.74. The van der Waals surface area contributed by atoms with Crippen LogP contribution in [0.5, 0.6) is 0 Å². The number of rotatable bonds is 3. The van der Waals surface area contributed by atoms with E-state index >= 15 is 0 Å². The zero-order valence-electron chi connectivity index (χ0n) is 6.27. The van der Waals surface area contributed by atoms with E-state index in [1.807, 2.05) is 24.4 Å². The standard InChI is InChI=1S/C9H11NS/c11-10-8-4-7-9-5-2-1-3-6-9/h1-3,5-6,8,11H,4,7H2. The fourth-order valence-corrected chi connectivity index (χ4v) is 1.05. The van der Waals surface area contributed by atoms with Gasteiger partial charge in [0.05, 0.1) is 0 Å². The summed E-state index contributed by atoms with van der Waals surface area (Å²) in [4.78, 5) is 0. The van der Waals surface area contributed by atoms with E-state index in [1.54, 1.807) is 0 Å². The summed E-state index contributed by atoms with van der Waals surface area (Å²) in [5, 5.41) is 0. The molecule has 0 saturated heterocycles. The van der Waals surface area contributed by atoms with Crippen LogP contribution in [0, 0.1) is 0 Å². The summed E-state index contributed by atoms with van der Waals surface area (Å²) in [5.41, 5.74) is 1.35. The molecule has 0 aliphatic carbocycles. The molecule has 0 heterocycles. The summed E-state index contributed by atoms with van der Waals surface area (Å²) in [6.45, 7) is 0. The van der Waals surface area contributed by atoms with Crippen molar-refractivity contribution in [1.29, 1.82) is 0 Å². The number of hydrogen-bond donors (Lipinski definition) is 1. The van der Waals surface area contributed by atoms with Crippen LogP contribution in [-0.4, -0.2) is 6.21 Å². The molecule has 1 aromatic carbocycles. The molecule has 0 amide bonds. The molecular formula is C9H11NS. The molecule has 58 valence electrons. The third-order valence-electron chi connectivity index (χ3n) is 1.49. The van der Waals surface area contributed by atoms with Gasteiger partial charge in [0, 0.05) is 6.21 Å². The molecule has 2 heteroatoms. The molecule has 0 N–H and O–H groups in total. The maximum atomic E-state index is 3.74. The lowest BCUT2D eigenvalue weighted by Crippen LogP contribution is -1.83. The van der Waals surface area contributed by atoms with Crippen LogP contribution in [0.1, 0.15) is 12.0 Å². The lowest BCUT2D eigenvalue weighted by Gasteiger charge is -1.94. The van der Waals surface area contributed by atoms with Gasteiger partial charge < -0.3 is 0 Å². The highest BCUT2D eigenvalue weighted by atomic mass is 32.1. The lowest BCUT2D eigenvalue weighted by molar-refractivity contribution is 1.06. The zero-order chi connectivity index (χ0) is 7.94. The van der Waals surface area contributed by atoms with Crippen LogP contribution in [-0.2, 0) is 6.42 Å². The SMILES string of the molecule is SN=CCCc1ccccc1. The minimum absolute atomic E-state index is 0.966. The van der Waals surface area contributed by atoms with Crippen molar-refractivity contribution < 1.29 is 0 Å². The number of aryl methyl sites for hydroxylation is 1. The molecule has 0 spiro atoms. The number of nitrogens with zero attached hydrogens (tertiary/aromatic N) is 1. The van der Waals surface area contributed by atoms with Crippen molar-refractivity contribution in [3.63, 3.8) is 0 Å². The van der Waals surface area contributed by atoms with Crippen molar-refractivity contribution in [3.05, 3.63) is 35.9 Å². The minimum Gasteiger partial charge on any atom is -0.232 e. The van der Waals surface area contributed by atoms with Gasteiger partial charge in [-0.2, -0.15) is 0 Å². The van der Waals surface area contributed by atoms with Crippen molar-refractivity contribution in [3.8, 4) is 0 Å². The van der Waals surface area contributed by atoms with E-state index < -0.39 is 0 Å². The van der Waals surface area contributed by atoms with Crippen LogP contribution in [0.25, 0.3) is 0 Å². The normalized spacial score (nSPS) is 10.6. The van der Waals surface area contributed by atoms with Gasteiger partial charge in [-0.05, 0) is 31.2 Å². The van der Waals surface area contributed by atoms with E-state index in [-0.39, 0.29) is 0 Å². The molecule has 0 aromatic heterocycles. The summed E-state index contributed by atoms with van der Waals surface area (Å²) in [6, 6.07) is 10.4. The predicted octanol–water partition coefficient (Wildman–Crippen LogP) is 2.53. The van der Waals surface area contributed by atoms with Gasteiger partial charge in [0.25, 0.3) is 0 Å². The Morgan fingerprint density at radius 3 is 2.64 bits per heavy atom. The Kier molecular flexibility index (Phi) is 3.76. The van der Waals surface area contributed by atoms with Gasteiger partial charge in [-0.25, -0.2) is 4.40 Å². The third kappa shape index (κ3) is 3.23. The molecular weight excluding hydrogens is 154 g/mol. The third-order valence-corrected chi connectivity index (χ3v) is 1.65. The zero-order valence-corrected chi connectivity index (χ0v) is 7.17. The molecule has 0 aliphatic heterocycles. The largest absolute Gasteiger partial charge is 0.232 e. The number of benzene rings is 1. The van der Waals surface area contributed by atoms with Gasteiger partial charge in [-0.1, -0.05) is 30.3 Å². The molecule has 0 fully saturated rings. The summed E-state index contributed by atoms with van der Waals surface area (Å²) in [5.74, 6) is 0. The molecule has 0 unspecified atom stereocenters. The van der Waals surface area contributed by atoms with E-state index in [1.165, 1.54) is 5.56 Å². The second-order valence-corrected chi connectivity index (χ2v) is 2.55. The van der Waals surface area contributed by atoms with Crippen molar-refractivity contribution in [1.82, 2.24) is 0 Å². The van der Waals surface area contributed by atoms with Crippen LogP contribution in [0.4, 0.5) is 0 Å². The highest BCUT2D eigenvalue weighted by Crippen LogP contribution is 2.00. The van der Waals surface area contributed by atoms with Crippen molar-refractivity contribution in [2.75, 3.05) is 0 Å². The molecule has 0 saturated carbocycles. The predicted molar refractivity (Wildman–Crippen MR) is 52.2 cm³/mol. The maximum Gasteiger partial charge on any atom is 0.0126 e. The van der Waals surface area contributed by atoms with E-state index in [0.717, 1.165) is 12.8 Å². The minimum atomic E-state index is 0.966. The lowest BCUT2D eigenvalue weighted by atomic mass is 10.1. The quantitative estimate of drug-likeness (QED) is 0.522. The Labute approximate surface area is 72.7 Å². The second-order valence-electron chi connectivity index (χ2n) is 2.32. The number of hydrogen-bond acceptors (Lipinski definition) is 2. The van der Waals surface area contributed by atoms with Crippen molar-refractivity contribution >= 4 is 19.0 Å². The summed E-state index contributed by atoms with van der Waals surface area (Å²) in [6.07, 6.45) is 3.83. The average Bonchev–Trinajstić information content (AvgIpc) is 2.07. The molecule has 1 nitrogen and oxygen atoms in total. The van der Waals surface area contributed by atoms with Crippen LogP contribution in [0.15, 0.2) is 34.7 Å². The van der Waals surface area contributed by atoms with Crippen molar-refractivity contribution in [2.45, 2.75) is 12.8 Å². The summed E-state index contributed by atoms with van der Waals surface area (Å²) in [7, 11) is 0. The Balaban J connectivity index is 2.39. The van der Waals surface area contributed by atoms with Gasteiger partial charge in [-0.3, -0.25) is 0 Å². The molecule has 0 atom stereocenters. The monoisotopic (exact) mass is 165 g/mol. The maximum absolute atomic E-state index is 3.74. The van der Waals surface area contributed by atoms with Crippen LogP contribution < -0.4 is 0 Å². The first-order chi connectivity index (χ1) is 5.43. The molecule has 1 rings (SSSR count). The molecule has 0 bridgehead atoms. The van der Waals surface area contributed by atoms with Crippen molar-refractivity contribution in [2.24, 2.45) is 4.40 Å². The first-order valence-electron chi connectivity index (χ1n) is 3.63. The molecule has 1 aromatic rings. The highest BCUT2D eigenvalue weighted by molar-refractivity contribution is 7.78. The smallest absolute Gasteiger partial charge is 0.0126 e. The van der Waals surface area contributed by atoms with E-state index in [4.69, 9.17) is 0 Å².